The molecule has 1 heterocycles. The second-order valence-corrected chi connectivity index (χ2v) is 4.45. The summed E-state index contributed by atoms with van der Waals surface area (Å²) in [5, 5.41) is 4.37. The SMILES string of the molecule is CCn1c(C(=O)NC)cc2cc(Cl)cc(C)c21. The number of carbonyl (C=O) groups excluding carboxylic acids is 1. The first-order valence-electron chi connectivity index (χ1n) is 5.60. The minimum atomic E-state index is -0.0708. The molecule has 0 aliphatic heterocycles. The number of amides is 1. The van der Waals surface area contributed by atoms with E-state index in [4.69, 9.17) is 11.6 Å². The Bertz CT molecular complexity index is 587. The van der Waals surface area contributed by atoms with E-state index in [-0.39, 0.29) is 5.91 Å². The smallest absolute Gasteiger partial charge is 0.267 e. The van der Waals surface area contributed by atoms with Crippen molar-refractivity contribution >= 4 is 28.4 Å². The Kier molecular flexibility index (Phi) is 3.11. The highest BCUT2D eigenvalue weighted by Gasteiger charge is 2.15. The summed E-state index contributed by atoms with van der Waals surface area (Å²) in [5.41, 5.74) is 2.84. The summed E-state index contributed by atoms with van der Waals surface area (Å²) in [6.07, 6.45) is 0. The molecule has 3 nitrogen and oxygen atoms in total. The van der Waals surface area contributed by atoms with Crippen LogP contribution in [-0.2, 0) is 6.54 Å². The summed E-state index contributed by atoms with van der Waals surface area (Å²) >= 11 is 6.03. The molecule has 1 aromatic heterocycles. The average molecular weight is 251 g/mol. The van der Waals surface area contributed by atoms with Gasteiger partial charge < -0.3 is 9.88 Å². The van der Waals surface area contributed by atoms with Crippen molar-refractivity contribution in [3.63, 3.8) is 0 Å². The molecule has 1 N–H and O–H groups in total. The van der Waals surface area contributed by atoms with Gasteiger partial charge in [-0.1, -0.05) is 11.6 Å². The molecule has 2 aromatic rings. The zero-order chi connectivity index (χ0) is 12.6. The summed E-state index contributed by atoms with van der Waals surface area (Å²) < 4.78 is 2.01. The van der Waals surface area contributed by atoms with E-state index in [0.29, 0.717) is 10.7 Å². The Morgan fingerprint density at radius 2 is 2.12 bits per heavy atom. The fourth-order valence-electron chi connectivity index (χ4n) is 2.23. The molecule has 0 saturated heterocycles. The van der Waals surface area contributed by atoms with Gasteiger partial charge >= 0.3 is 0 Å². The van der Waals surface area contributed by atoms with Crippen molar-refractivity contribution < 1.29 is 4.79 Å². The first-order valence-corrected chi connectivity index (χ1v) is 5.97. The van der Waals surface area contributed by atoms with E-state index in [1.165, 1.54) is 0 Å². The van der Waals surface area contributed by atoms with Gasteiger partial charge in [-0.05, 0) is 37.6 Å². The lowest BCUT2D eigenvalue weighted by Crippen LogP contribution is -2.21. The maximum absolute atomic E-state index is 11.8. The molecule has 17 heavy (non-hydrogen) atoms. The normalized spacial score (nSPS) is 10.8. The van der Waals surface area contributed by atoms with Crippen LogP contribution in [0.3, 0.4) is 0 Å². The van der Waals surface area contributed by atoms with E-state index in [1.807, 2.05) is 36.6 Å². The van der Waals surface area contributed by atoms with Crippen molar-refractivity contribution in [2.75, 3.05) is 7.05 Å². The van der Waals surface area contributed by atoms with E-state index < -0.39 is 0 Å². The summed E-state index contributed by atoms with van der Waals surface area (Å²) in [4.78, 5) is 11.8. The Hall–Kier alpha value is -1.48. The third-order valence-electron chi connectivity index (χ3n) is 2.92. The monoisotopic (exact) mass is 250 g/mol. The molecule has 0 bridgehead atoms. The molecule has 0 saturated carbocycles. The molecule has 0 aliphatic carbocycles. The molecule has 4 heteroatoms. The van der Waals surface area contributed by atoms with Gasteiger partial charge in [-0.15, -0.1) is 0 Å². The van der Waals surface area contributed by atoms with Crippen molar-refractivity contribution in [1.82, 2.24) is 9.88 Å². The summed E-state index contributed by atoms with van der Waals surface area (Å²) in [6, 6.07) is 5.70. The highest BCUT2D eigenvalue weighted by Crippen LogP contribution is 2.27. The van der Waals surface area contributed by atoms with Crippen molar-refractivity contribution in [1.29, 1.82) is 0 Å². The summed E-state index contributed by atoms with van der Waals surface area (Å²) in [7, 11) is 1.64. The molecule has 90 valence electrons. The number of hydrogen-bond donors (Lipinski definition) is 1. The van der Waals surface area contributed by atoms with Crippen molar-refractivity contribution in [2.45, 2.75) is 20.4 Å². The van der Waals surface area contributed by atoms with Crippen LogP contribution in [0.1, 0.15) is 23.0 Å². The number of nitrogens with zero attached hydrogens (tertiary/aromatic N) is 1. The van der Waals surface area contributed by atoms with Crippen LogP contribution in [0.4, 0.5) is 0 Å². The minimum absolute atomic E-state index is 0.0708. The van der Waals surface area contributed by atoms with Gasteiger partial charge in [0.2, 0.25) is 0 Å². The predicted molar refractivity (Wildman–Crippen MR) is 70.7 cm³/mol. The zero-order valence-electron chi connectivity index (χ0n) is 10.2. The van der Waals surface area contributed by atoms with Gasteiger partial charge in [0.25, 0.3) is 5.91 Å². The van der Waals surface area contributed by atoms with Crippen molar-refractivity contribution in [2.24, 2.45) is 0 Å². The Balaban J connectivity index is 2.80. The second kappa shape index (κ2) is 4.41. The average Bonchev–Trinajstić information content (AvgIpc) is 2.66. The predicted octanol–water partition coefficient (Wildman–Crippen LogP) is 2.98. The number of carbonyl (C=O) groups is 1. The van der Waals surface area contributed by atoms with Crippen LogP contribution in [0.5, 0.6) is 0 Å². The lowest BCUT2D eigenvalue weighted by molar-refractivity contribution is 0.0954. The molecule has 1 aromatic carbocycles. The Labute approximate surface area is 105 Å². The molecule has 0 spiro atoms. The van der Waals surface area contributed by atoms with Crippen molar-refractivity contribution in [3.8, 4) is 0 Å². The van der Waals surface area contributed by atoms with Gasteiger partial charge in [0.05, 0.1) is 5.52 Å². The molecular formula is C13H15ClN2O. The molecule has 0 radical (unpaired) electrons. The fourth-order valence-corrected chi connectivity index (χ4v) is 2.51. The van der Waals surface area contributed by atoms with Gasteiger partial charge in [0.1, 0.15) is 5.69 Å². The number of fused-ring (bicyclic) bond motifs is 1. The Morgan fingerprint density at radius 3 is 2.71 bits per heavy atom. The first kappa shape index (κ1) is 12.0. The van der Waals surface area contributed by atoms with Gasteiger partial charge in [0, 0.05) is 24.0 Å². The number of nitrogens with one attached hydrogen (secondary N) is 1. The molecule has 2 rings (SSSR count). The Morgan fingerprint density at radius 1 is 1.41 bits per heavy atom. The number of aryl methyl sites for hydroxylation is 2. The first-order chi connectivity index (χ1) is 8.08. The van der Waals surface area contributed by atoms with Crippen LogP contribution in [0.25, 0.3) is 10.9 Å². The summed E-state index contributed by atoms with van der Waals surface area (Å²) in [6.45, 7) is 4.79. The topological polar surface area (TPSA) is 34.0 Å². The van der Waals surface area contributed by atoms with E-state index in [2.05, 4.69) is 5.32 Å². The third-order valence-corrected chi connectivity index (χ3v) is 3.14. The van der Waals surface area contributed by atoms with E-state index in [9.17, 15) is 4.79 Å². The number of halogens is 1. The lowest BCUT2D eigenvalue weighted by atomic mass is 10.1. The van der Waals surface area contributed by atoms with E-state index >= 15 is 0 Å². The van der Waals surface area contributed by atoms with Gasteiger partial charge in [-0.25, -0.2) is 0 Å². The van der Waals surface area contributed by atoms with E-state index in [0.717, 1.165) is 23.0 Å². The molecule has 0 atom stereocenters. The molecule has 0 fully saturated rings. The number of rotatable bonds is 2. The third kappa shape index (κ3) is 1.91. The molecular weight excluding hydrogens is 236 g/mol. The highest BCUT2D eigenvalue weighted by atomic mass is 35.5. The van der Waals surface area contributed by atoms with Crippen LogP contribution in [0.15, 0.2) is 18.2 Å². The molecule has 0 aliphatic rings. The van der Waals surface area contributed by atoms with Gasteiger partial charge in [0.15, 0.2) is 0 Å². The minimum Gasteiger partial charge on any atom is -0.354 e. The highest BCUT2D eigenvalue weighted by molar-refractivity contribution is 6.31. The number of benzene rings is 1. The maximum Gasteiger partial charge on any atom is 0.267 e. The van der Waals surface area contributed by atoms with Gasteiger partial charge in [-0.3, -0.25) is 4.79 Å². The largest absolute Gasteiger partial charge is 0.354 e. The molecule has 0 unspecified atom stereocenters. The fraction of sp³-hybridized carbons (Fsp3) is 0.308. The van der Waals surface area contributed by atoms with E-state index in [1.54, 1.807) is 7.05 Å². The van der Waals surface area contributed by atoms with Crippen LogP contribution in [0.2, 0.25) is 5.02 Å². The lowest BCUT2D eigenvalue weighted by Gasteiger charge is -2.08. The number of aromatic nitrogens is 1. The summed E-state index contributed by atoms with van der Waals surface area (Å²) in [5.74, 6) is -0.0708. The van der Waals surface area contributed by atoms with Crippen LogP contribution in [0, 0.1) is 6.92 Å². The quantitative estimate of drug-likeness (QED) is 0.874. The second-order valence-electron chi connectivity index (χ2n) is 4.01. The van der Waals surface area contributed by atoms with Crippen LogP contribution in [-0.4, -0.2) is 17.5 Å². The van der Waals surface area contributed by atoms with Gasteiger partial charge in [-0.2, -0.15) is 0 Å². The zero-order valence-corrected chi connectivity index (χ0v) is 10.9. The number of hydrogen-bond acceptors (Lipinski definition) is 1. The van der Waals surface area contributed by atoms with Crippen LogP contribution < -0.4 is 5.32 Å². The molecule has 1 amide bonds. The standard InChI is InChI=1S/C13H15ClN2O/c1-4-16-11(13(17)15-3)7-9-6-10(14)5-8(2)12(9)16/h5-7H,4H2,1-3H3,(H,15,17). The van der Waals surface area contributed by atoms with Crippen LogP contribution >= 0.6 is 11.6 Å². The van der Waals surface area contributed by atoms with Crippen molar-refractivity contribution in [3.05, 3.63) is 34.5 Å². The maximum atomic E-state index is 11.8.